The van der Waals surface area contributed by atoms with E-state index in [-0.39, 0.29) is 0 Å². The van der Waals surface area contributed by atoms with Crippen LogP contribution < -0.4 is 10.2 Å². The van der Waals surface area contributed by atoms with Gasteiger partial charge in [0.2, 0.25) is 10.0 Å². The normalized spacial score (nSPS) is 16.0. The van der Waals surface area contributed by atoms with Crippen LogP contribution in [0, 0.1) is 27.7 Å². The standard InChI is InChI=1S/C19H32N4O2S2/c1-14-13-15(2)17(4)18(16(14)3)27(24,25)23-11-9-22(10-12-23)19(26)20-7-8-21(5)6/h13H,7-12H2,1-6H3,(H,20,26)/p+1. The highest BCUT2D eigenvalue weighted by Crippen LogP contribution is 2.29. The Balaban J connectivity index is 2.09. The smallest absolute Gasteiger partial charge is 0.243 e. The molecule has 0 unspecified atom stereocenters. The molecule has 0 bridgehead atoms. The second kappa shape index (κ2) is 8.86. The van der Waals surface area contributed by atoms with Gasteiger partial charge < -0.3 is 15.1 Å². The predicted octanol–water partition coefficient (Wildman–Crippen LogP) is 0.246. The van der Waals surface area contributed by atoms with E-state index in [1.54, 1.807) is 4.31 Å². The molecule has 2 rings (SSSR count). The number of rotatable bonds is 5. The van der Waals surface area contributed by atoms with Crippen LogP contribution in [0.25, 0.3) is 0 Å². The Morgan fingerprint density at radius 2 is 1.59 bits per heavy atom. The predicted molar refractivity (Wildman–Crippen MR) is 114 cm³/mol. The first-order valence-electron chi connectivity index (χ1n) is 9.45. The molecular formula is C19H33N4O2S2+. The molecule has 8 heteroatoms. The Bertz CT molecular complexity index is 772. The summed E-state index contributed by atoms with van der Waals surface area (Å²) in [6, 6.07) is 2.06. The number of aryl methyl sites for hydroxylation is 2. The molecule has 0 atom stereocenters. The lowest BCUT2D eigenvalue weighted by atomic mass is 10.0. The van der Waals surface area contributed by atoms with Gasteiger partial charge in [0.05, 0.1) is 32.1 Å². The zero-order valence-electron chi connectivity index (χ0n) is 17.3. The topological polar surface area (TPSA) is 57.1 Å². The lowest BCUT2D eigenvalue weighted by Gasteiger charge is -2.36. The quantitative estimate of drug-likeness (QED) is 0.678. The number of likely N-dealkylation sites (N-methyl/N-ethyl adjacent to an activating group) is 1. The molecule has 1 aromatic rings. The Hall–Kier alpha value is -1.22. The van der Waals surface area contributed by atoms with Gasteiger partial charge in [-0.2, -0.15) is 4.31 Å². The minimum Gasteiger partial charge on any atom is -0.357 e. The van der Waals surface area contributed by atoms with Crippen LogP contribution in [-0.4, -0.2) is 76.1 Å². The zero-order valence-corrected chi connectivity index (χ0v) is 19.0. The monoisotopic (exact) mass is 413 g/mol. The van der Waals surface area contributed by atoms with Crippen LogP contribution in [0.2, 0.25) is 0 Å². The highest BCUT2D eigenvalue weighted by Gasteiger charge is 2.32. The molecule has 1 fully saturated rings. The lowest BCUT2D eigenvalue weighted by molar-refractivity contribution is -0.856. The van der Waals surface area contributed by atoms with Gasteiger partial charge in [-0.25, -0.2) is 8.42 Å². The number of sulfonamides is 1. The summed E-state index contributed by atoms with van der Waals surface area (Å²) in [5, 5.41) is 3.99. The Morgan fingerprint density at radius 3 is 2.07 bits per heavy atom. The molecule has 1 saturated heterocycles. The highest BCUT2D eigenvalue weighted by molar-refractivity contribution is 7.89. The van der Waals surface area contributed by atoms with Crippen LogP contribution in [0.4, 0.5) is 0 Å². The first kappa shape index (κ1) is 22.1. The minimum absolute atomic E-state index is 0.453. The van der Waals surface area contributed by atoms with E-state index in [0.717, 1.165) is 35.3 Å². The first-order valence-corrected chi connectivity index (χ1v) is 11.3. The van der Waals surface area contributed by atoms with Crippen molar-refractivity contribution in [2.24, 2.45) is 0 Å². The van der Waals surface area contributed by atoms with Crippen molar-refractivity contribution in [1.29, 1.82) is 0 Å². The average molecular weight is 414 g/mol. The van der Waals surface area contributed by atoms with E-state index in [1.165, 1.54) is 4.90 Å². The maximum atomic E-state index is 13.3. The van der Waals surface area contributed by atoms with Gasteiger partial charge in [0.25, 0.3) is 0 Å². The largest absolute Gasteiger partial charge is 0.357 e. The molecule has 2 N–H and O–H groups in total. The molecular weight excluding hydrogens is 380 g/mol. The van der Waals surface area contributed by atoms with Crippen molar-refractivity contribution >= 4 is 27.4 Å². The molecule has 0 aromatic heterocycles. The molecule has 6 nitrogen and oxygen atoms in total. The molecule has 1 aliphatic heterocycles. The summed E-state index contributed by atoms with van der Waals surface area (Å²) < 4.78 is 28.2. The fraction of sp³-hybridized carbons (Fsp3) is 0.632. The van der Waals surface area contributed by atoms with Crippen molar-refractivity contribution in [2.45, 2.75) is 32.6 Å². The van der Waals surface area contributed by atoms with Crippen LogP contribution >= 0.6 is 12.2 Å². The van der Waals surface area contributed by atoms with Crippen LogP contribution in [0.1, 0.15) is 22.3 Å². The number of hydrogen-bond donors (Lipinski definition) is 2. The van der Waals surface area contributed by atoms with Crippen molar-refractivity contribution in [2.75, 3.05) is 53.4 Å². The summed E-state index contributed by atoms with van der Waals surface area (Å²) in [6.45, 7) is 11.7. The van der Waals surface area contributed by atoms with E-state index in [9.17, 15) is 8.42 Å². The second-order valence-corrected chi connectivity index (χ2v) is 9.93. The summed E-state index contributed by atoms with van der Waals surface area (Å²) in [6.07, 6.45) is 0. The van der Waals surface area contributed by atoms with Gasteiger partial charge in [0.15, 0.2) is 5.11 Å². The Morgan fingerprint density at radius 1 is 1.07 bits per heavy atom. The SMILES string of the molecule is Cc1cc(C)c(C)c(S(=O)(=O)N2CCN(C(=S)NCC[NH+](C)C)CC2)c1C. The van der Waals surface area contributed by atoms with Gasteiger partial charge >= 0.3 is 0 Å². The Kier molecular flexibility index (Phi) is 7.24. The minimum atomic E-state index is -3.51. The number of hydrogen-bond acceptors (Lipinski definition) is 3. The molecule has 0 amide bonds. The summed E-state index contributed by atoms with van der Waals surface area (Å²) in [4.78, 5) is 3.90. The van der Waals surface area contributed by atoms with Gasteiger partial charge in [0, 0.05) is 26.2 Å². The Labute approximate surface area is 169 Å². The first-order chi connectivity index (χ1) is 12.6. The number of quaternary nitrogens is 1. The maximum Gasteiger partial charge on any atom is 0.243 e. The molecule has 1 aliphatic rings. The van der Waals surface area contributed by atoms with Crippen LogP contribution in [0.15, 0.2) is 11.0 Å². The van der Waals surface area contributed by atoms with E-state index in [1.807, 2.05) is 27.7 Å². The average Bonchev–Trinajstić information content (AvgIpc) is 2.59. The number of nitrogens with zero attached hydrogens (tertiary/aromatic N) is 2. The van der Waals surface area contributed by atoms with Gasteiger partial charge in [0.1, 0.15) is 0 Å². The molecule has 1 aromatic carbocycles. The third-order valence-corrected chi connectivity index (χ3v) is 7.90. The van der Waals surface area contributed by atoms with E-state index in [0.29, 0.717) is 36.2 Å². The molecule has 152 valence electrons. The van der Waals surface area contributed by atoms with Crippen LogP contribution in [-0.2, 0) is 10.0 Å². The van der Waals surface area contributed by atoms with Crippen LogP contribution in [0.3, 0.4) is 0 Å². The number of benzene rings is 1. The van der Waals surface area contributed by atoms with Gasteiger partial charge in [-0.05, 0) is 62.2 Å². The van der Waals surface area contributed by atoms with Gasteiger partial charge in [-0.1, -0.05) is 6.07 Å². The lowest BCUT2D eigenvalue weighted by Crippen LogP contribution is -3.06. The van der Waals surface area contributed by atoms with E-state index < -0.39 is 10.0 Å². The fourth-order valence-electron chi connectivity index (χ4n) is 3.36. The maximum absolute atomic E-state index is 13.3. The number of piperazine rings is 1. The molecule has 0 saturated carbocycles. The summed E-state index contributed by atoms with van der Waals surface area (Å²) in [5.41, 5.74) is 3.74. The highest BCUT2D eigenvalue weighted by atomic mass is 32.2. The zero-order chi connectivity index (χ0) is 20.4. The third kappa shape index (κ3) is 4.99. The second-order valence-electron chi connectivity index (χ2n) is 7.67. The molecule has 0 radical (unpaired) electrons. The van der Waals surface area contributed by atoms with Crippen molar-refractivity contribution in [3.63, 3.8) is 0 Å². The van der Waals surface area contributed by atoms with Crippen LogP contribution in [0.5, 0.6) is 0 Å². The molecule has 0 spiro atoms. The van der Waals surface area contributed by atoms with Crippen molar-refractivity contribution in [3.05, 3.63) is 28.3 Å². The summed E-state index contributed by atoms with van der Waals surface area (Å²) >= 11 is 5.46. The number of thiocarbonyl (C=S) groups is 1. The van der Waals surface area contributed by atoms with Gasteiger partial charge in [-0.15, -0.1) is 0 Å². The molecule has 0 aliphatic carbocycles. The number of nitrogens with one attached hydrogen (secondary N) is 2. The van der Waals surface area contributed by atoms with Crippen molar-refractivity contribution < 1.29 is 13.3 Å². The third-order valence-electron chi connectivity index (χ3n) is 5.32. The van der Waals surface area contributed by atoms with Crippen molar-refractivity contribution in [1.82, 2.24) is 14.5 Å². The molecule has 27 heavy (non-hydrogen) atoms. The van der Waals surface area contributed by atoms with E-state index >= 15 is 0 Å². The summed E-state index contributed by atoms with van der Waals surface area (Å²) in [5.74, 6) is 0. The van der Waals surface area contributed by atoms with Crippen molar-refractivity contribution in [3.8, 4) is 0 Å². The van der Waals surface area contributed by atoms with E-state index in [4.69, 9.17) is 12.2 Å². The summed E-state index contributed by atoms with van der Waals surface area (Å²) in [7, 11) is 0.699. The van der Waals surface area contributed by atoms with E-state index in [2.05, 4.69) is 30.4 Å². The molecule has 1 heterocycles. The van der Waals surface area contributed by atoms with Gasteiger partial charge in [-0.3, -0.25) is 0 Å². The fourth-order valence-corrected chi connectivity index (χ4v) is 5.64.